The summed E-state index contributed by atoms with van der Waals surface area (Å²) in [5.41, 5.74) is 5.43. The number of sulfonamides is 1. The first-order valence-electron chi connectivity index (χ1n) is 12.4. The molecule has 12 heteroatoms. The van der Waals surface area contributed by atoms with Crippen LogP contribution in [-0.4, -0.2) is 52.8 Å². The second-order valence-corrected chi connectivity index (χ2v) is 13.0. The van der Waals surface area contributed by atoms with Gasteiger partial charge in [-0.05, 0) is 55.9 Å². The number of ether oxygens (including phenoxy) is 1. The number of pyridine rings is 2. The predicted octanol–water partition coefficient (Wildman–Crippen LogP) is 3.41. The largest absolute Gasteiger partial charge is 0.490 e. The Kier molecular flexibility index (Phi) is 7.13. The van der Waals surface area contributed by atoms with Crippen LogP contribution in [0.3, 0.4) is 0 Å². The first kappa shape index (κ1) is 27.4. The maximum absolute atomic E-state index is 13.4. The monoisotopic (exact) mass is 541 g/mol. The Hall–Kier alpha value is -3.67. The summed E-state index contributed by atoms with van der Waals surface area (Å²) in [6.45, 7) is 13.7. The Labute approximate surface area is 223 Å². The van der Waals surface area contributed by atoms with Crippen molar-refractivity contribution in [1.82, 2.24) is 24.5 Å². The number of nitrogen functional groups attached to an aromatic ring is 1. The minimum atomic E-state index is -4.26. The van der Waals surface area contributed by atoms with E-state index in [0.717, 1.165) is 6.42 Å². The van der Waals surface area contributed by atoms with Gasteiger partial charge in [-0.25, -0.2) is 19.4 Å². The lowest BCUT2D eigenvalue weighted by atomic mass is 9.90. The van der Waals surface area contributed by atoms with Crippen LogP contribution in [-0.2, 0) is 10.0 Å². The smallest absolute Gasteiger partial charge is 0.281 e. The number of nitrogens with zero attached hydrogens (tertiary/aromatic N) is 5. The van der Waals surface area contributed by atoms with Gasteiger partial charge in [-0.15, -0.1) is 0 Å². The number of carbonyl (C=O) groups excluding carboxylic acids is 1. The van der Waals surface area contributed by atoms with Crippen molar-refractivity contribution in [3.05, 3.63) is 48.3 Å². The molecule has 0 radical (unpaired) electrons. The van der Waals surface area contributed by atoms with E-state index < -0.39 is 15.9 Å². The summed E-state index contributed by atoms with van der Waals surface area (Å²) < 4.78 is 35.3. The van der Waals surface area contributed by atoms with Gasteiger partial charge in [0, 0.05) is 12.1 Å². The van der Waals surface area contributed by atoms with Gasteiger partial charge in [-0.1, -0.05) is 33.8 Å². The number of amides is 1. The maximum Gasteiger partial charge on any atom is 0.281 e. The topological polar surface area (TPSA) is 145 Å². The average molecular weight is 542 g/mol. The van der Waals surface area contributed by atoms with Crippen LogP contribution in [0.1, 0.15) is 58.3 Å². The quantitative estimate of drug-likeness (QED) is 0.459. The highest BCUT2D eigenvalue weighted by molar-refractivity contribution is 7.90. The van der Waals surface area contributed by atoms with Gasteiger partial charge in [0.05, 0.1) is 24.6 Å². The molecule has 0 bridgehead atoms. The first-order chi connectivity index (χ1) is 17.7. The number of hydrogen-bond donors (Lipinski definition) is 2. The van der Waals surface area contributed by atoms with Gasteiger partial charge in [0.25, 0.3) is 15.9 Å². The minimum absolute atomic E-state index is 0.0120. The van der Waals surface area contributed by atoms with E-state index in [0.29, 0.717) is 36.5 Å². The molecule has 3 N–H and O–H groups in total. The second kappa shape index (κ2) is 9.90. The molecule has 1 aliphatic heterocycles. The van der Waals surface area contributed by atoms with Crippen molar-refractivity contribution >= 4 is 27.6 Å². The predicted molar refractivity (Wildman–Crippen MR) is 145 cm³/mol. The highest BCUT2D eigenvalue weighted by atomic mass is 32.2. The zero-order chi connectivity index (χ0) is 27.9. The lowest BCUT2D eigenvalue weighted by molar-refractivity contribution is 0.0981. The second-order valence-electron chi connectivity index (χ2n) is 11.3. The molecule has 38 heavy (non-hydrogen) atoms. The zero-order valence-electron chi connectivity index (χ0n) is 22.6. The number of nitrogens with one attached hydrogen (secondary N) is 1. The first-order valence-corrected chi connectivity index (χ1v) is 13.9. The van der Waals surface area contributed by atoms with Crippen LogP contribution in [0.15, 0.2) is 47.8 Å². The molecular formula is C26H35N7O4S. The molecule has 0 saturated carbocycles. The lowest BCUT2D eigenvalue weighted by Crippen LogP contribution is -2.44. The van der Waals surface area contributed by atoms with Crippen molar-refractivity contribution in [2.45, 2.75) is 58.5 Å². The highest BCUT2D eigenvalue weighted by Gasteiger charge is 2.41. The van der Waals surface area contributed by atoms with Crippen LogP contribution in [0, 0.1) is 11.3 Å². The molecule has 204 valence electrons. The minimum Gasteiger partial charge on any atom is -0.490 e. The molecular weight excluding hydrogens is 506 g/mol. The summed E-state index contributed by atoms with van der Waals surface area (Å²) in [6.07, 6.45) is 4.24. The van der Waals surface area contributed by atoms with Crippen LogP contribution in [0.4, 0.5) is 11.6 Å². The fourth-order valence-corrected chi connectivity index (χ4v) is 5.12. The normalized spacial score (nSPS) is 17.4. The van der Waals surface area contributed by atoms with Gasteiger partial charge in [0.1, 0.15) is 11.6 Å². The van der Waals surface area contributed by atoms with Crippen LogP contribution < -0.4 is 20.1 Å². The Balaban J connectivity index is 1.70. The SMILES string of the molecule is CC1CCN(c2nc(-n3cc(OCC(C)(C)C)cn3)ccc2C(=O)NS(=O)(=O)c2cccc(N)n2)C1(C)C. The fraction of sp³-hybridized carbons (Fsp3) is 0.462. The van der Waals surface area contributed by atoms with E-state index in [4.69, 9.17) is 15.5 Å². The van der Waals surface area contributed by atoms with Crippen molar-refractivity contribution < 1.29 is 17.9 Å². The molecule has 3 aromatic rings. The van der Waals surface area contributed by atoms with Gasteiger partial charge in [-0.2, -0.15) is 13.5 Å². The summed E-state index contributed by atoms with van der Waals surface area (Å²) in [5, 5.41) is 4.04. The number of aromatic nitrogens is 4. The van der Waals surface area contributed by atoms with Crippen molar-refractivity contribution in [2.75, 3.05) is 23.8 Å². The van der Waals surface area contributed by atoms with Crippen LogP contribution in [0.25, 0.3) is 5.82 Å². The molecule has 3 aromatic heterocycles. The number of carbonyl (C=O) groups is 1. The molecule has 1 amide bonds. The molecule has 0 aliphatic carbocycles. The average Bonchev–Trinajstić information content (AvgIpc) is 3.41. The molecule has 11 nitrogen and oxygen atoms in total. The number of hydrogen-bond acceptors (Lipinski definition) is 9. The standard InChI is InChI=1S/C26H35N7O4S/c1-17-12-13-32(26(17,5)6)23-19(24(34)31-38(35,36)22-9-7-8-20(27)29-22)10-11-21(30-23)33-15-18(14-28-33)37-16-25(2,3)4/h7-11,14-15,17H,12-13,16H2,1-6H3,(H2,27,29)(H,31,34). The third kappa shape index (κ3) is 5.74. The van der Waals surface area contributed by atoms with Crippen molar-refractivity contribution in [3.8, 4) is 11.6 Å². The molecule has 1 unspecified atom stereocenters. The maximum atomic E-state index is 13.4. The van der Waals surface area contributed by atoms with Crippen molar-refractivity contribution in [1.29, 1.82) is 0 Å². The summed E-state index contributed by atoms with van der Waals surface area (Å²) in [4.78, 5) is 24.0. The van der Waals surface area contributed by atoms with Crippen molar-refractivity contribution in [2.24, 2.45) is 11.3 Å². The summed E-state index contributed by atoms with van der Waals surface area (Å²) in [6, 6.07) is 7.38. The van der Waals surface area contributed by atoms with Gasteiger partial charge < -0.3 is 15.4 Å². The molecule has 1 aliphatic rings. The molecule has 1 fully saturated rings. The fourth-order valence-electron chi connectivity index (χ4n) is 4.17. The third-order valence-corrected chi connectivity index (χ3v) is 7.99. The van der Waals surface area contributed by atoms with E-state index in [2.05, 4.69) is 56.3 Å². The van der Waals surface area contributed by atoms with E-state index in [1.165, 1.54) is 18.2 Å². The third-order valence-electron chi connectivity index (χ3n) is 6.76. The summed E-state index contributed by atoms with van der Waals surface area (Å²) in [5.74, 6) is 0.987. The van der Waals surface area contributed by atoms with Gasteiger partial charge in [0.15, 0.2) is 16.6 Å². The van der Waals surface area contributed by atoms with E-state index >= 15 is 0 Å². The number of anilines is 2. The Morgan fingerprint density at radius 2 is 1.95 bits per heavy atom. The molecule has 0 spiro atoms. The van der Waals surface area contributed by atoms with Gasteiger partial charge in [-0.3, -0.25) is 4.79 Å². The molecule has 1 atom stereocenters. The Morgan fingerprint density at radius 3 is 2.58 bits per heavy atom. The van der Waals surface area contributed by atoms with Crippen molar-refractivity contribution in [3.63, 3.8) is 0 Å². The number of nitrogens with two attached hydrogens (primary N) is 1. The molecule has 4 heterocycles. The highest BCUT2D eigenvalue weighted by Crippen LogP contribution is 2.39. The van der Waals surface area contributed by atoms with Crippen LogP contribution in [0.2, 0.25) is 0 Å². The Bertz CT molecular complexity index is 1440. The van der Waals surface area contributed by atoms with E-state index in [1.807, 2.05) is 4.90 Å². The lowest BCUT2D eigenvalue weighted by Gasteiger charge is -2.36. The van der Waals surface area contributed by atoms with Crippen LogP contribution >= 0.6 is 0 Å². The Morgan fingerprint density at radius 1 is 1.21 bits per heavy atom. The number of rotatable bonds is 7. The molecule has 1 saturated heterocycles. The molecule has 4 rings (SSSR count). The van der Waals surface area contributed by atoms with Crippen LogP contribution in [0.5, 0.6) is 5.75 Å². The van der Waals surface area contributed by atoms with E-state index in [9.17, 15) is 13.2 Å². The van der Waals surface area contributed by atoms with E-state index in [-0.39, 0.29) is 27.4 Å². The van der Waals surface area contributed by atoms with Gasteiger partial charge >= 0.3 is 0 Å². The summed E-state index contributed by atoms with van der Waals surface area (Å²) in [7, 11) is -4.26. The molecule has 0 aromatic carbocycles. The zero-order valence-corrected chi connectivity index (χ0v) is 23.4. The summed E-state index contributed by atoms with van der Waals surface area (Å²) >= 11 is 0. The van der Waals surface area contributed by atoms with E-state index in [1.54, 1.807) is 29.2 Å². The van der Waals surface area contributed by atoms with Gasteiger partial charge in [0.2, 0.25) is 0 Å².